The van der Waals surface area contributed by atoms with Gasteiger partial charge in [0, 0.05) is 16.6 Å². The highest BCUT2D eigenvalue weighted by Gasteiger charge is 2.10. The molecular formula is C9H5ClN2O2S. The second-order valence-corrected chi connectivity index (χ2v) is 4.00. The molecule has 0 atom stereocenters. The van der Waals surface area contributed by atoms with Crippen molar-refractivity contribution in [3.8, 4) is 10.7 Å². The third-order valence-corrected chi connectivity index (χ3v) is 2.76. The molecule has 0 amide bonds. The zero-order chi connectivity index (χ0) is 10.8. The van der Waals surface area contributed by atoms with Crippen LogP contribution < -0.4 is 0 Å². The fraction of sp³-hybridized carbons (Fsp3) is 0. The fourth-order valence-corrected chi connectivity index (χ4v) is 1.93. The van der Waals surface area contributed by atoms with E-state index in [1.54, 1.807) is 18.3 Å². The molecule has 0 radical (unpaired) electrons. The maximum atomic E-state index is 10.6. The maximum absolute atomic E-state index is 10.6. The largest absolute Gasteiger partial charge is 0.476 e. The lowest BCUT2D eigenvalue weighted by molar-refractivity contribution is 0.0691. The van der Waals surface area contributed by atoms with Crippen molar-refractivity contribution in [1.29, 1.82) is 0 Å². The van der Waals surface area contributed by atoms with Crippen molar-refractivity contribution in [3.63, 3.8) is 0 Å². The Bertz CT molecular complexity index is 512. The molecule has 0 spiro atoms. The lowest BCUT2D eigenvalue weighted by Gasteiger charge is -1.94. The van der Waals surface area contributed by atoms with Gasteiger partial charge in [0.2, 0.25) is 0 Å². The number of carboxylic acid groups (broad SMARTS) is 1. The molecular weight excluding hydrogens is 236 g/mol. The maximum Gasteiger partial charge on any atom is 0.355 e. The van der Waals surface area contributed by atoms with Crippen LogP contribution in [0.3, 0.4) is 0 Å². The van der Waals surface area contributed by atoms with Crippen molar-refractivity contribution in [2.45, 2.75) is 0 Å². The van der Waals surface area contributed by atoms with E-state index >= 15 is 0 Å². The third kappa shape index (κ3) is 2.14. The smallest absolute Gasteiger partial charge is 0.355 e. The highest BCUT2D eigenvalue weighted by atomic mass is 35.5. The van der Waals surface area contributed by atoms with Crippen LogP contribution >= 0.6 is 22.9 Å². The average molecular weight is 241 g/mol. The number of carbonyl (C=O) groups is 1. The van der Waals surface area contributed by atoms with E-state index in [9.17, 15) is 4.79 Å². The summed E-state index contributed by atoms with van der Waals surface area (Å²) >= 11 is 7.01. The van der Waals surface area contributed by atoms with Crippen LogP contribution in [0.25, 0.3) is 10.7 Å². The Labute approximate surface area is 94.2 Å². The van der Waals surface area contributed by atoms with Crippen molar-refractivity contribution in [2.24, 2.45) is 0 Å². The van der Waals surface area contributed by atoms with E-state index in [0.29, 0.717) is 15.7 Å². The van der Waals surface area contributed by atoms with E-state index < -0.39 is 5.97 Å². The van der Waals surface area contributed by atoms with Crippen LogP contribution in [-0.2, 0) is 0 Å². The number of aromatic nitrogens is 2. The fourth-order valence-electron chi connectivity index (χ4n) is 1.01. The molecule has 0 fully saturated rings. The first-order valence-corrected chi connectivity index (χ1v) is 5.23. The highest BCUT2D eigenvalue weighted by molar-refractivity contribution is 7.13. The van der Waals surface area contributed by atoms with Crippen molar-refractivity contribution < 1.29 is 9.90 Å². The number of hydrogen-bond acceptors (Lipinski definition) is 4. The highest BCUT2D eigenvalue weighted by Crippen LogP contribution is 2.23. The molecule has 4 nitrogen and oxygen atoms in total. The van der Waals surface area contributed by atoms with Crippen molar-refractivity contribution in [1.82, 2.24) is 9.97 Å². The Morgan fingerprint density at radius 1 is 1.53 bits per heavy atom. The van der Waals surface area contributed by atoms with Gasteiger partial charge in [0.05, 0.1) is 0 Å². The first-order chi connectivity index (χ1) is 7.16. The number of nitrogens with zero attached hydrogens (tertiary/aromatic N) is 2. The molecule has 6 heteroatoms. The number of aromatic carboxylic acids is 1. The molecule has 0 unspecified atom stereocenters. The molecule has 2 aromatic heterocycles. The predicted octanol–water partition coefficient (Wildman–Crippen LogP) is 2.56. The Morgan fingerprint density at radius 3 is 2.93 bits per heavy atom. The lowest BCUT2D eigenvalue weighted by Crippen LogP contribution is -1.95. The zero-order valence-corrected chi connectivity index (χ0v) is 8.92. The van der Waals surface area contributed by atoms with Crippen LogP contribution in [-0.4, -0.2) is 21.0 Å². The van der Waals surface area contributed by atoms with Gasteiger partial charge in [-0.1, -0.05) is 11.6 Å². The number of pyridine rings is 1. The average Bonchev–Trinajstić information content (AvgIpc) is 2.66. The van der Waals surface area contributed by atoms with E-state index in [0.717, 1.165) is 0 Å². The van der Waals surface area contributed by atoms with Crippen LogP contribution in [0.1, 0.15) is 10.5 Å². The molecule has 0 aliphatic carbocycles. The third-order valence-electron chi connectivity index (χ3n) is 1.66. The van der Waals surface area contributed by atoms with E-state index in [1.165, 1.54) is 16.7 Å². The summed E-state index contributed by atoms with van der Waals surface area (Å²) in [5.74, 6) is -1.04. The zero-order valence-electron chi connectivity index (χ0n) is 7.35. The standard InChI is InChI=1S/C9H5ClN2O2S/c10-5-1-2-11-6(3-5)8-12-7(4-15-8)9(13)14/h1-4H,(H,13,14). The molecule has 0 aliphatic rings. The quantitative estimate of drug-likeness (QED) is 0.876. The number of hydrogen-bond donors (Lipinski definition) is 1. The topological polar surface area (TPSA) is 63.1 Å². The Morgan fingerprint density at radius 2 is 2.33 bits per heavy atom. The van der Waals surface area contributed by atoms with E-state index in [1.807, 2.05) is 0 Å². The van der Waals surface area contributed by atoms with E-state index in [2.05, 4.69) is 9.97 Å². The Hall–Kier alpha value is -1.46. The number of halogens is 1. The number of rotatable bonds is 2. The van der Waals surface area contributed by atoms with Crippen molar-refractivity contribution >= 4 is 28.9 Å². The van der Waals surface area contributed by atoms with Gasteiger partial charge in [-0.2, -0.15) is 0 Å². The monoisotopic (exact) mass is 240 g/mol. The molecule has 0 bridgehead atoms. The summed E-state index contributed by atoms with van der Waals surface area (Å²) in [4.78, 5) is 18.6. The molecule has 2 aromatic rings. The molecule has 2 rings (SSSR count). The van der Waals surface area contributed by atoms with Gasteiger partial charge in [-0.25, -0.2) is 9.78 Å². The van der Waals surface area contributed by atoms with Gasteiger partial charge in [-0.15, -0.1) is 11.3 Å². The molecule has 76 valence electrons. The van der Waals surface area contributed by atoms with Crippen LogP contribution in [0.5, 0.6) is 0 Å². The van der Waals surface area contributed by atoms with Gasteiger partial charge < -0.3 is 5.11 Å². The molecule has 2 heterocycles. The summed E-state index contributed by atoms with van der Waals surface area (Å²) < 4.78 is 0. The van der Waals surface area contributed by atoms with Gasteiger partial charge >= 0.3 is 5.97 Å². The number of thiazole rings is 1. The minimum atomic E-state index is -1.04. The van der Waals surface area contributed by atoms with Gasteiger partial charge in [0.1, 0.15) is 10.7 Å². The Kier molecular flexibility index (Phi) is 2.66. The normalized spacial score (nSPS) is 10.2. The summed E-state index contributed by atoms with van der Waals surface area (Å²) in [5, 5.41) is 11.3. The molecule has 0 saturated carbocycles. The van der Waals surface area contributed by atoms with E-state index in [-0.39, 0.29) is 5.69 Å². The van der Waals surface area contributed by atoms with Crippen LogP contribution in [0.15, 0.2) is 23.7 Å². The second-order valence-electron chi connectivity index (χ2n) is 2.70. The molecule has 15 heavy (non-hydrogen) atoms. The van der Waals surface area contributed by atoms with Gasteiger partial charge in [-0.3, -0.25) is 4.98 Å². The molecule has 1 N–H and O–H groups in total. The van der Waals surface area contributed by atoms with Crippen LogP contribution in [0.4, 0.5) is 0 Å². The molecule has 0 aliphatic heterocycles. The second kappa shape index (κ2) is 3.96. The summed E-state index contributed by atoms with van der Waals surface area (Å²) in [6.45, 7) is 0. The summed E-state index contributed by atoms with van der Waals surface area (Å²) in [7, 11) is 0. The molecule has 0 saturated heterocycles. The Balaban J connectivity index is 2.41. The SMILES string of the molecule is O=C(O)c1csc(-c2cc(Cl)ccn2)n1. The summed E-state index contributed by atoms with van der Waals surface area (Å²) in [6, 6.07) is 3.29. The lowest BCUT2D eigenvalue weighted by atomic mass is 10.3. The van der Waals surface area contributed by atoms with Crippen molar-refractivity contribution in [2.75, 3.05) is 0 Å². The molecule has 0 aromatic carbocycles. The van der Waals surface area contributed by atoms with Gasteiger partial charge in [0.15, 0.2) is 5.69 Å². The van der Waals surface area contributed by atoms with Crippen LogP contribution in [0, 0.1) is 0 Å². The van der Waals surface area contributed by atoms with E-state index in [4.69, 9.17) is 16.7 Å². The summed E-state index contributed by atoms with van der Waals surface area (Å²) in [6.07, 6.45) is 1.56. The first kappa shape index (κ1) is 10.1. The van der Waals surface area contributed by atoms with Crippen molar-refractivity contribution in [3.05, 3.63) is 34.4 Å². The minimum Gasteiger partial charge on any atom is -0.476 e. The first-order valence-electron chi connectivity index (χ1n) is 3.97. The number of carboxylic acids is 1. The summed E-state index contributed by atoms with van der Waals surface area (Å²) in [5.41, 5.74) is 0.608. The van der Waals surface area contributed by atoms with Gasteiger partial charge in [0.25, 0.3) is 0 Å². The predicted molar refractivity (Wildman–Crippen MR) is 57.3 cm³/mol. The minimum absolute atomic E-state index is 0.0248. The van der Waals surface area contributed by atoms with Gasteiger partial charge in [-0.05, 0) is 12.1 Å². The van der Waals surface area contributed by atoms with Crippen LogP contribution in [0.2, 0.25) is 5.02 Å².